The fourth-order valence-corrected chi connectivity index (χ4v) is 2.55. The summed E-state index contributed by atoms with van der Waals surface area (Å²) in [6.07, 6.45) is 2.33. The molecule has 1 aromatic carbocycles. The van der Waals surface area contributed by atoms with E-state index in [9.17, 15) is 0 Å². The summed E-state index contributed by atoms with van der Waals surface area (Å²) >= 11 is 3.50. The SMILES string of the molecule is CC(N)Cc1cccc(Br)c1OCc1cccnc1C#N. The van der Waals surface area contributed by atoms with Gasteiger partial charge in [0.25, 0.3) is 0 Å². The Morgan fingerprint density at radius 3 is 2.81 bits per heavy atom. The number of hydrogen-bond acceptors (Lipinski definition) is 4. The number of aromatic nitrogens is 1. The molecule has 0 bridgehead atoms. The van der Waals surface area contributed by atoms with Crippen LogP contribution in [0, 0.1) is 11.3 Å². The molecule has 5 heteroatoms. The fraction of sp³-hybridized carbons (Fsp3) is 0.250. The molecule has 0 spiro atoms. The maximum absolute atomic E-state index is 9.05. The van der Waals surface area contributed by atoms with E-state index < -0.39 is 0 Å². The van der Waals surface area contributed by atoms with Crippen LogP contribution in [0.5, 0.6) is 5.75 Å². The molecule has 1 aromatic heterocycles. The maximum Gasteiger partial charge on any atom is 0.147 e. The molecule has 0 radical (unpaired) electrons. The topological polar surface area (TPSA) is 71.9 Å². The van der Waals surface area contributed by atoms with Crippen molar-refractivity contribution in [2.75, 3.05) is 0 Å². The van der Waals surface area contributed by atoms with E-state index in [1.807, 2.05) is 31.2 Å². The minimum Gasteiger partial charge on any atom is -0.487 e. The number of nitrogens with two attached hydrogens (primary N) is 1. The van der Waals surface area contributed by atoms with Crippen LogP contribution >= 0.6 is 15.9 Å². The molecular weight excluding hydrogens is 330 g/mol. The number of pyridine rings is 1. The lowest BCUT2D eigenvalue weighted by atomic mass is 10.1. The van der Waals surface area contributed by atoms with Gasteiger partial charge in [0.15, 0.2) is 0 Å². The monoisotopic (exact) mass is 345 g/mol. The zero-order valence-corrected chi connectivity index (χ0v) is 13.3. The Hall–Kier alpha value is -1.90. The summed E-state index contributed by atoms with van der Waals surface area (Å²) < 4.78 is 6.78. The highest BCUT2D eigenvalue weighted by Crippen LogP contribution is 2.30. The van der Waals surface area contributed by atoms with Crippen LogP contribution in [0.3, 0.4) is 0 Å². The zero-order chi connectivity index (χ0) is 15.2. The van der Waals surface area contributed by atoms with Gasteiger partial charge in [0.1, 0.15) is 24.1 Å². The maximum atomic E-state index is 9.05. The van der Waals surface area contributed by atoms with Crippen molar-refractivity contribution < 1.29 is 4.74 Å². The standard InChI is InChI=1S/C16H16BrN3O/c1-11(19)8-12-4-2-6-14(17)16(12)21-10-13-5-3-7-20-15(13)9-18/h2-7,11H,8,10,19H2,1H3. The number of hydrogen-bond donors (Lipinski definition) is 1. The van der Waals surface area contributed by atoms with Gasteiger partial charge in [-0.25, -0.2) is 4.98 Å². The molecule has 108 valence electrons. The quantitative estimate of drug-likeness (QED) is 0.903. The highest BCUT2D eigenvalue weighted by atomic mass is 79.9. The highest BCUT2D eigenvalue weighted by molar-refractivity contribution is 9.10. The van der Waals surface area contributed by atoms with Crippen LogP contribution in [0.4, 0.5) is 0 Å². The predicted octanol–water partition coefficient (Wildman–Crippen LogP) is 3.18. The van der Waals surface area contributed by atoms with Gasteiger partial charge in [0.2, 0.25) is 0 Å². The van der Waals surface area contributed by atoms with E-state index >= 15 is 0 Å². The molecule has 0 aliphatic carbocycles. The highest BCUT2D eigenvalue weighted by Gasteiger charge is 2.11. The van der Waals surface area contributed by atoms with Crippen molar-refractivity contribution in [1.29, 1.82) is 5.26 Å². The number of rotatable bonds is 5. The van der Waals surface area contributed by atoms with Crippen LogP contribution in [0.15, 0.2) is 41.0 Å². The summed E-state index contributed by atoms with van der Waals surface area (Å²) in [5.41, 5.74) is 8.07. The summed E-state index contributed by atoms with van der Waals surface area (Å²) in [4.78, 5) is 4.03. The Bertz CT molecular complexity index is 665. The van der Waals surface area contributed by atoms with E-state index in [-0.39, 0.29) is 6.04 Å². The molecule has 0 fully saturated rings. The Balaban J connectivity index is 2.22. The van der Waals surface area contributed by atoms with Crippen molar-refractivity contribution in [3.8, 4) is 11.8 Å². The third-order valence-corrected chi connectivity index (χ3v) is 3.58. The van der Waals surface area contributed by atoms with Crippen molar-refractivity contribution in [1.82, 2.24) is 4.98 Å². The smallest absolute Gasteiger partial charge is 0.147 e. The summed E-state index contributed by atoms with van der Waals surface area (Å²) in [5, 5.41) is 9.05. The normalized spacial score (nSPS) is 11.7. The van der Waals surface area contributed by atoms with Crippen LogP contribution in [0.1, 0.15) is 23.7 Å². The van der Waals surface area contributed by atoms with Crippen molar-refractivity contribution in [3.05, 3.63) is 57.8 Å². The molecule has 2 rings (SSSR count). The van der Waals surface area contributed by atoms with E-state index in [4.69, 9.17) is 15.7 Å². The van der Waals surface area contributed by atoms with Crippen molar-refractivity contribution in [2.45, 2.75) is 26.0 Å². The second-order valence-corrected chi connectivity index (χ2v) is 5.68. The second-order valence-electron chi connectivity index (χ2n) is 4.82. The first kappa shape index (κ1) is 15.5. The minimum absolute atomic E-state index is 0.0507. The number of nitriles is 1. The first-order valence-corrected chi connectivity index (χ1v) is 7.41. The molecule has 21 heavy (non-hydrogen) atoms. The summed E-state index contributed by atoms with van der Waals surface area (Å²) in [6.45, 7) is 2.25. The fourth-order valence-electron chi connectivity index (χ4n) is 2.03. The van der Waals surface area contributed by atoms with Crippen molar-refractivity contribution in [3.63, 3.8) is 0 Å². The average Bonchev–Trinajstić information content (AvgIpc) is 2.46. The number of para-hydroxylation sites is 1. The van der Waals surface area contributed by atoms with Gasteiger partial charge in [-0.1, -0.05) is 18.2 Å². The third-order valence-electron chi connectivity index (χ3n) is 2.96. The number of ether oxygens (including phenoxy) is 1. The van der Waals surface area contributed by atoms with Gasteiger partial charge in [-0.3, -0.25) is 0 Å². The van der Waals surface area contributed by atoms with Gasteiger partial charge >= 0.3 is 0 Å². The lowest BCUT2D eigenvalue weighted by Gasteiger charge is -2.15. The minimum atomic E-state index is 0.0507. The van der Waals surface area contributed by atoms with Gasteiger partial charge < -0.3 is 10.5 Å². The molecule has 1 heterocycles. The van der Waals surface area contributed by atoms with Crippen molar-refractivity contribution in [2.24, 2.45) is 5.73 Å². The van der Waals surface area contributed by atoms with Gasteiger partial charge in [-0.15, -0.1) is 0 Å². The molecule has 0 amide bonds. The summed E-state index contributed by atoms with van der Waals surface area (Å²) in [6, 6.07) is 11.6. The molecule has 0 saturated heterocycles. The number of halogens is 1. The summed E-state index contributed by atoms with van der Waals surface area (Å²) in [5.74, 6) is 0.766. The van der Waals surface area contributed by atoms with E-state index in [1.165, 1.54) is 0 Å². The predicted molar refractivity (Wildman–Crippen MR) is 84.8 cm³/mol. The van der Waals surface area contributed by atoms with Crippen LogP contribution < -0.4 is 10.5 Å². The van der Waals surface area contributed by atoms with E-state index in [0.29, 0.717) is 12.3 Å². The van der Waals surface area contributed by atoms with Gasteiger partial charge in [-0.05, 0) is 47.0 Å². The zero-order valence-electron chi connectivity index (χ0n) is 11.7. The third kappa shape index (κ3) is 4.03. The van der Waals surface area contributed by atoms with Gasteiger partial charge in [-0.2, -0.15) is 5.26 Å². The summed E-state index contributed by atoms with van der Waals surface area (Å²) in [7, 11) is 0. The molecule has 0 aliphatic rings. The van der Waals surface area contributed by atoms with E-state index in [2.05, 4.69) is 27.0 Å². The van der Waals surface area contributed by atoms with Gasteiger partial charge in [0.05, 0.1) is 4.47 Å². The lowest BCUT2D eigenvalue weighted by molar-refractivity contribution is 0.299. The molecule has 2 N–H and O–H groups in total. The molecule has 0 saturated carbocycles. The van der Waals surface area contributed by atoms with Crippen LogP contribution in [0.25, 0.3) is 0 Å². The van der Waals surface area contributed by atoms with E-state index in [0.717, 1.165) is 27.8 Å². The number of nitrogens with zero attached hydrogens (tertiary/aromatic N) is 2. The Morgan fingerprint density at radius 2 is 2.10 bits per heavy atom. The van der Waals surface area contributed by atoms with Crippen LogP contribution in [-0.2, 0) is 13.0 Å². The Morgan fingerprint density at radius 1 is 1.33 bits per heavy atom. The molecule has 1 atom stereocenters. The molecule has 0 aliphatic heterocycles. The number of benzene rings is 1. The average molecular weight is 346 g/mol. The molecule has 2 aromatic rings. The largest absolute Gasteiger partial charge is 0.487 e. The van der Waals surface area contributed by atoms with E-state index in [1.54, 1.807) is 12.3 Å². The first-order chi connectivity index (χ1) is 10.1. The first-order valence-electron chi connectivity index (χ1n) is 6.61. The molecule has 1 unspecified atom stereocenters. The van der Waals surface area contributed by atoms with Crippen LogP contribution in [0.2, 0.25) is 0 Å². The Labute approximate surface area is 132 Å². The van der Waals surface area contributed by atoms with Gasteiger partial charge in [0, 0.05) is 17.8 Å². The second kappa shape index (κ2) is 7.21. The van der Waals surface area contributed by atoms with Crippen LogP contribution in [-0.4, -0.2) is 11.0 Å². The van der Waals surface area contributed by atoms with Crippen molar-refractivity contribution >= 4 is 15.9 Å². The Kier molecular flexibility index (Phi) is 5.32. The molecular formula is C16H16BrN3O. The lowest BCUT2D eigenvalue weighted by Crippen LogP contribution is -2.18. The molecule has 4 nitrogen and oxygen atoms in total.